The zero-order valence-electron chi connectivity index (χ0n) is 10.4. The smallest absolute Gasteiger partial charge is 0.319 e. The number of hydrogen-bond acceptors (Lipinski definition) is 2. The van der Waals surface area contributed by atoms with Crippen LogP contribution in [0.15, 0.2) is 24.3 Å². The molecule has 0 saturated heterocycles. The molecular weight excluding hydrogens is 226 g/mol. The van der Waals surface area contributed by atoms with E-state index in [9.17, 15) is 4.79 Å². The van der Waals surface area contributed by atoms with Crippen molar-refractivity contribution in [2.24, 2.45) is 5.92 Å². The number of nitriles is 1. The first-order valence-electron chi connectivity index (χ1n) is 6.23. The van der Waals surface area contributed by atoms with Crippen molar-refractivity contribution in [3.05, 3.63) is 29.8 Å². The number of aryl methyl sites for hydroxylation is 1. The van der Waals surface area contributed by atoms with Crippen LogP contribution in [-0.2, 0) is 0 Å². The van der Waals surface area contributed by atoms with Crippen LogP contribution in [0.1, 0.15) is 24.8 Å². The molecule has 1 aromatic rings. The van der Waals surface area contributed by atoms with E-state index >= 15 is 0 Å². The number of carbonyl (C=O) groups excluding carboxylic acids is 1. The molecule has 0 radical (unpaired) electrons. The summed E-state index contributed by atoms with van der Waals surface area (Å²) < 4.78 is 0. The van der Waals surface area contributed by atoms with Gasteiger partial charge in [0, 0.05) is 11.7 Å². The van der Waals surface area contributed by atoms with Crippen molar-refractivity contribution in [3.8, 4) is 6.07 Å². The van der Waals surface area contributed by atoms with Gasteiger partial charge in [-0.25, -0.2) is 4.79 Å². The molecule has 4 nitrogen and oxygen atoms in total. The molecule has 1 fully saturated rings. The fraction of sp³-hybridized carbons (Fsp3) is 0.429. The lowest BCUT2D eigenvalue weighted by atomic mass is 10.1. The number of nitrogens with one attached hydrogen (secondary N) is 2. The molecular formula is C14H17N3O. The Kier molecular flexibility index (Phi) is 3.83. The molecule has 1 saturated carbocycles. The first-order chi connectivity index (χ1) is 8.69. The average Bonchev–Trinajstić information content (AvgIpc) is 2.79. The van der Waals surface area contributed by atoms with E-state index in [1.54, 1.807) is 0 Å². The van der Waals surface area contributed by atoms with Crippen molar-refractivity contribution in [3.63, 3.8) is 0 Å². The first-order valence-corrected chi connectivity index (χ1v) is 6.23. The number of benzene rings is 1. The predicted octanol–water partition coefficient (Wildman–Crippen LogP) is 2.81. The molecule has 2 amide bonds. The lowest BCUT2D eigenvalue weighted by Gasteiger charge is -2.16. The molecule has 18 heavy (non-hydrogen) atoms. The number of nitrogens with zero attached hydrogens (tertiary/aromatic N) is 1. The second-order valence-electron chi connectivity index (χ2n) is 4.74. The molecule has 2 unspecified atom stereocenters. The highest BCUT2D eigenvalue weighted by Crippen LogP contribution is 2.24. The van der Waals surface area contributed by atoms with Crippen LogP contribution in [0.5, 0.6) is 0 Å². The molecule has 4 heteroatoms. The highest BCUT2D eigenvalue weighted by atomic mass is 16.2. The van der Waals surface area contributed by atoms with Gasteiger partial charge in [0.1, 0.15) is 0 Å². The number of carbonyl (C=O) groups is 1. The maximum atomic E-state index is 11.8. The number of urea groups is 1. The monoisotopic (exact) mass is 243 g/mol. The third-order valence-electron chi connectivity index (χ3n) is 3.31. The van der Waals surface area contributed by atoms with E-state index in [0.717, 1.165) is 30.5 Å². The van der Waals surface area contributed by atoms with Gasteiger partial charge in [-0.1, -0.05) is 17.7 Å². The molecule has 1 aliphatic rings. The van der Waals surface area contributed by atoms with Crippen LogP contribution < -0.4 is 10.6 Å². The summed E-state index contributed by atoms with van der Waals surface area (Å²) in [6, 6.07) is 9.63. The van der Waals surface area contributed by atoms with Crippen molar-refractivity contribution in [2.45, 2.75) is 32.2 Å². The summed E-state index contributed by atoms with van der Waals surface area (Å²) in [4.78, 5) is 11.8. The van der Waals surface area contributed by atoms with E-state index in [-0.39, 0.29) is 18.0 Å². The molecule has 1 aromatic carbocycles. The van der Waals surface area contributed by atoms with Gasteiger partial charge in [-0.2, -0.15) is 5.26 Å². The van der Waals surface area contributed by atoms with Gasteiger partial charge in [0.2, 0.25) is 0 Å². The quantitative estimate of drug-likeness (QED) is 0.838. The second-order valence-corrected chi connectivity index (χ2v) is 4.74. The Balaban J connectivity index is 1.89. The normalized spacial score (nSPS) is 22.2. The van der Waals surface area contributed by atoms with E-state index in [2.05, 4.69) is 16.7 Å². The van der Waals surface area contributed by atoms with E-state index in [1.165, 1.54) is 0 Å². The Bertz CT molecular complexity index is 461. The minimum absolute atomic E-state index is 0.0135. The van der Waals surface area contributed by atoms with Crippen LogP contribution in [-0.4, -0.2) is 12.1 Å². The Hall–Kier alpha value is -2.02. The molecule has 2 rings (SSSR count). The summed E-state index contributed by atoms with van der Waals surface area (Å²) in [5, 5.41) is 14.6. The number of anilines is 1. The summed E-state index contributed by atoms with van der Waals surface area (Å²) >= 11 is 0. The fourth-order valence-electron chi connectivity index (χ4n) is 2.26. The Labute approximate surface area is 107 Å². The van der Waals surface area contributed by atoms with Gasteiger partial charge in [0.15, 0.2) is 0 Å². The summed E-state index contributed by atoms with van der Waals surface area (Å²) in [5.74, 6) is -0.0474. The van der Waals surface area contributed by atoms with Crippen LogP contribution in [0.2, 0.25) is 0 Å². The van der Waals surface area contributed by atoms with Gasteiger partial charge in [0.05, 0.1) is 12.0 Å². The zero-order chi connectivity index (χ0) is 13.0. The molecule has 2 N–H and O–H groups in total. The standard InChI is InChI=1S/C14H17N3O/c1-10-5-7-12(8-6-10)16-14(18)17-13-4-2-3-11(13)9-15/h5-8,11,13H,2-4H2,1H3,(H2,16,17,18). The summed E-state index contributed by atoms with van der Waals surface area (Å²) in [7, 11) is 0. The maximum Gasteiger partial charge on any atom is 0.319 e. The number of rotatable bonds is 2. The highest BCUT2D eigenvalue weighted by molar-refractivity contribution is 5.89. The summed E-state index contributed by atoms with van der Waals surface area (Å²) in [5.41, 5.74) is 1.92. The lowest BCUT2D eigenvalue weighted by molar-refractivity contribution is 0.247. The second kappa shape index (κ2) is 5.54. The first kappa shape index (κ1) is 12.4. The third-order valence-corrected chi connectivity index (χ3v) is 3.31. The van der Waals surface area contributed by atoms with Gasteiger partial charge in [0.25, 0.3) is 0 Å². The number of hydrogen-bond donors (Lipinski definition) is 2. The van der Waals surface area contributed by atoms with E-state index in [0.29, 0.717) is 0 Å². The molecule has 1 aliphatic carbocycles. The van der Waals surface area contributed by atoms with Gasteiger partial charge in [-0.15, -0.1) is 0 Å². The fourth-order valence-corrected chi connectivity index (χ4v) is 2.26. The Morgan fingerprint density at radius 1 is 1.33 bits per heavy atom. The van der Waals surface area contributed by atoms with Crippen molar-refractivity contribution < 1.29 is 4.79 Å². The van der Waals surface area contributed by atoms with Crippen molar-refractivity contribution in [1.29, 1.82) is 5.26 Å². The topological polar surface area (TPSA) is 64.9 Å². The predicted molar refractivity (Wildman–Crippen MR) is 70.1 cm³/mol. The zero-order valence-corrected chi connectivity index (χ0v) is 10.4. The molecule has 0 aliphatic heterocycles. The van der Waals surface area contributed by atoms with Gasteiger partial charge in [-0.05, 0) is 38.3 Å². The average molecular weight is 243 g/mol. The van der Waals surface area contributed by atoms with Crippen molar-refractivity contribution in [2.75, 3.05) is 5.32 Å². The molecule has 0 bridgehead atoms. The van der Waals surface area contributed by atoms with Crippen LogP contribution in [0.4, 0.5) is 10.5 Å². The van der Waals surface area contributed by atoms with E-state index in [4.69, 9.17) is 5.26 Å². The third kappa shape index (κ3) is 3.01. The maximum absolute atomic E-state index is 11.8. The van der Waals surface area contributed by atoms with E-state index < -0.39 is 0 Å². The molecule has 94 valence electrons. The van der Waals surface area contributed by atoms with Crippen LogP contribution >= 0.6 is 0 Å². The van der Waals surface area contributed by atoms with Gasteiger partial charge >= 0.3 is 6.03 Å². The summed E-state index contributed by atoms with van der Waals surface area (Å²) in [6.45, 7) is 2.00. The Morgan fingerprint density at radius 2 is 2.06 bits per heavy atom. The molecule has 0 aromatic heterocycles. The molecule has 0 heterocycles. The SMILES string of the molecule is Cc1ccc(NC(=O)NC2CCCC2C#N)cc1. The minimum atomic E-state index is -0.231. The minimum Gasteiger partial charge on any atom is -0.334 e. The Morgan fingerprint density at radius 3 is 2.72 bits per heavy atom. The van der Waals surface area contributed by atoms with Crippen molar-refractivity contribution >= 4 is 11.7 Å². The largest absolute Gasteiger partial charge is 0.334 e. The van der Waals surface area contributed by atoms with Crippen molar-refractivity contribution in [1.82, 2.24) is 5.32 Å². The highest BCUT2D eigenvalue weighted by Gasteiger charge is 2.28. The molecule has 0 spiro atoms. The lowest BCUT2D eigenvalue weighted by Crippen LogP contribution is -2.39. The van der Waals surface area contributed by atoms with Gasteiger partial charge < -0.3 is 10.6 Å². The van der Waals surface area contributed by atoms with Crippen LogP contribution in [0.25, 0.3) is 0 Å². The van der Waals surface area contributed by atoms with Crippen LogP contribution in [0.3, 0.4) is 0 Å². The summed E-state index contributed by atoms with van der Waals surface area (Å²) in [6.07, 6.45) is 2.78. The molecule has 2 atom stereocenters. The van der Waals surface area contributed by atoms with E-state index in [1.807, 2.05) is 31.2 Å². The van der Waals surface area contributed by atoms with Gasteiger partial charge in [-0.3, -0.25) is 0 Å². The van der Waals surface area contributed by atoms with Crippen LogP contribution in [0, 0.1) is 24.2 Å². The number of amides is 2.